The van der Waals surface area contributed by atoms with Gasteiger partial charge in [0.05, 0.1) is 0 Å². The van der Waals surface area contributed by atoms with Gasteiger partial charge in [0.15, 0.2) is 0 Å². The Kier molecular flexibility index (Phi) is 4.10. The minimum atomic E-state index is 0.143. The summed E-state index contributed by atoms with van der Waals surface area (Å²) in [5.41, 5.74) is 8.68. The van der Waals surface area contributed by atoms with Crippen molar-refractivity contribution in [2.24, 2.45) is 5.73 Å². The Morgan fingerprint density at radius 3 is 2.79 bits per heavy atom. The van der Waals surface area contributed by atoms with Crippen LogP contribution in [0.2, 0.25) is 0 Å². The van der Waals surface area contributed by atoms with Crippen LogP contribution in [0.25, 0.3) is 0 Å². The van der Waals surface area contributed by atoms with E-state index in [0.717, 1.165) is 17.7 Å². The highest BCUT2D eigenvalue weighted by Gasteiger charge is 2.21. The van der Waals surface area contributed by atoms with E-state index < -0.39 is 0 Å². The van der Waals surface area contributed by atoms with Gasteiger partial charge in [-0.05, 0) is 57.1 Å². The van der Waals surface area contributed by atoms with E-state index in [2.05, 4.69) is 36.0 Å². The van der Waals surface area contributed by atoms with Gasteiger partial charge in [-0.15, -0.1) is 0 Å². The second kappa shape index (κ2) is 5.61. The maximum atomic E-state index is 7.53. The maximum absolute atomic E-state index is 7.53. The molecule has 0 amide bonds. The van der Waals surface area contributed by atoms with Gasteiger partial charge < -0.3 is 15.5 Å². The number of hydrogen-bond donors (Lipinski definition) is 2. The molecule has 19 heavy (non-hydrogen) atoms. The van der Waals surface area contributed by atoms with E-state index in [-0.39, 0.29) is 5.84 Å². The van der Waals surface area contributed by atoms with Gasteiger partial charge in [0.2, 0.25) is 0 Å². The van der Waals surface area contributed by atoms with Gasteiger partial charge in [-0.1, -0.05) is 0 Å². The van der Waals surface area contributed by atoms with Crippen LogP contribution >= 0.6 is 0 Å². The first kappa shape index (κ1) is 13.9. The number of likely N-dealkylation sites (tertiary alicyclic amines) is 1. The summed E-state index contributed by atoms with van der Waals surface area (Å²) in [6.07, 6.45) is 2.50. The van der Waals surface area contributed by atoms with Crippen LogP contribution < -0.4 is 10.6 Å². The van der Waals surface area contributed by atoms with Crippen LogP contribution in [-0.4, -0.2) is 44.0 Å². The molecule has 1 aromatic rings. The summed E-state index contributed by atoms with van der Waals surface area (Å²) in [5.74, 6) is 0.143. The van der Waals surface area contributed by atoms with Gasteiger partial charge in [0.1, 0.15) is 5.84 Å². The molecule has 1 heterocycles. The monoisotopic (exact) mass is 260 g/mol. The fourth-order valence-corrected chi connectivity index (χ4v) is 2.84. The van der Waals surface area contributed by atoms with Crippen molar-refractivity contribution in [3.05, 3.63) is 29.3 Å². The number of rotatable bonds is 3. The number of benzene rings is 1. The number of hydrogen-bond acceptors (Lipinski definition) is 3. The normalized spacial score (nSPS) is 20.3. The lowest BCUT2D eigenvalue weighted by molar-refractivity contribution is 0.248. The molecule has 0 bridgehead atoms. The molecule has 0 aromatic heterocycles. The Bertz CT molecular complexity index is 469. The summed E-state index contributed by atoms with van der Waals surface area (Å²) < 4.78 is 0. The summed E-state index contributed by atoms with van der Waals surface area (Å²) in [7, 11) is 4.34. The molecule has 4 nitrogen and oxygen atoms in total. The first-order chi connectivity index (χ1) is 8.99. The third-order valence-corrected chi connectivity index (χ3v) is 4.05. The first-order valence-corrected chi connectivity index (χ1v) is 6.85. The topological polar surface area (TPSA) is 56.4 Å². The molecule has 3 N–H and O–H groups in total. The molecule has 0 aliphatic carbocycles. The van der Waals surface area contributed by atoms with Gasteiger partial charge in [-0.25, -0.2) is 0 Å². The molecule has 1 fully saturated rings. The lowest BCUT2D eigenvalue weighted by Gasteiger charge is -2.37. The first-order valence-electron chi connectivity index (χ1n) is 6.85. The quantitative estimate of drug-likeness (QED) is 0.644. The Morgan fingerprint density at radius 1 is 1.47 bits per heavy atom. The van der Waals surface area contributed by atoms with Crippen LogP contribution in [0, 0.1) is 12.3 Å². The number of piperidine rings is 1. The highest BCUT2D eigenvalue weighted by Crippen LogP contribution is 2.23. The second-order valence-electron chi connectivity index (χ2n) is 5.58. The molecule has 2 rings (SSSR count). The zero-order valence-corrected chi connectivity index (χ0v) is 12.1. The van der Waals surface area contributed by atoms with E-state index in [1.807, 2.05) is 13.0 Å². The predicted molar refractivity (Wildman–Crippen MR) is 81.1 cm³/mol. The highest BCUT2D eigenvalue weighted by molar-refractivity contribution is 5.96. The summed E-state index contributed by atoms with van der Waals surface area (Å²) in [4.78, 5) is 4.74. The summed E-state index contributed by atoms with van der Waals surface area (Å²) in [6, 6.07) is 6.72. The number of nitrogens with two attached hydrogens (primary N) is 1. The van der Waals surface area contributed by atoms with Crippen molar-refractivity contribution in [1.82, 2.24) is 4.90 Å². The Morgan fingerprint density at radius 2 is 2.21 bits per heavy atom. The minimum absolute atomic E-state index is 0.143. The van der Waals surface area contributed by atoms with Crippen molar-refractivity contribution < 1.29 is 0 Å². The van der Waals surface area contributed by atoms with Crippen molar-refractivity contribution in [1.29, 1.82) is 5.41 Å². The maximum Gasteiger partial charge on any atom is 0.123 e. The average molecular weight is 260 g/mol. The minimum Gasteiger partial charge on any atom is -0.384 e. The highest BCUT2D eigenvalue weighted by atomic mass is 15.2. The number of anilines is 1. The fourth-order valence-electron chi connectivity index (χ4n) is 2.84. The van der Waals surface area contributed by atoms with E-state index in [1.165, 1.54) is 25.1 Å². The summed E-state index contributed by atoms with van der Waals surface area (Å²) in [5, 5.41) is 7.53. The number of amidine groups is 1. The van der Waals surface area contributed by atoms with E-state index in [9.17, 15) is 0 Å². The smallest absolute Gasteiger partial charge is 0.123 e. The molecule has 1 unspecified atom stereocenters. The SMILES string of the molecule is Cc1cc(N(C)C2CCCN(C)C2)ccc1C(=N)N. The third-order valence-electron chi connectivity index (χ3n) is 4.05. The van der Waals surface area contributed by atoms with Crippen molar-refractivity contribution in [2.45, 2.75) is 25.8 Å². The standard InChI is InChI=1S/C15H24N4/c1-11-9-12(6-7-14(11)15(16)17)19(3)13-5-4-8-18(2)10-13/h6-7,9,13H,4-5,8,10H2,1-3H3,(H3,16,17). The van der Waals surface area contributed by atoms with Crippen LogP contribution in [0.4, 0.5) is 5.69 Å². The third kappa shape index (κ3) is 3.07. The van der Waals surface area contributed by atoms with E-state index in [4.69, 9.17) is 11.1 Å². The predicted octanol–water partition coefficient (Wildman–Crippen LogP) is 1.81. The zero-order valence-electron chi connectivity index (χ0n) is 12.1. The summed E-state index contributed by atoms with van der Waals surface area (Å²) >= 11 is 0. The lowest BCUT2D eigenvalue weighted by atomic mass is 10.0. The second-order valence-corrected chi connectivity index (χ2v) is 5.58. The lowest BCUT2D eigenvalue weighted by Crippen LogP contribution is -2.45. The van der Waals surface area contributed by atoms with Crippen LogP contribution in [0.15, 0.2) is 18.2 Å². The Hall–Kier alpha value is -1.55. The zero-order chi connectivity index (χ0) is 14.0. The van der Waals surface area contributed by atoms with Crippen molar-refractivity contribution in [3.63, 3.8) is 0 Å². The van der Waals surface area contributed by atoms with Crippen molar-refractivity contribution >= 4 is 11.5 Å². The molecule has 0 saturated carbocycles. The number of nitrogen functional groups attached to an aromatic ring is 1. The molecule has 4 heteroatoms. The van der Waals surface area contributed by atoms with Gasteiger partial charge >= 0.3 is 0 Å². The fraction of sp³-hybridized carbons (Fsp3) is 0.533. The van der Waals surface area contributed by atoms with E-state index in [0.29, 0.717) is 6.04 Å². The van der Waals surface area contributed by atoms with Gasteiger partial charge in [0.25, 0.3) is 0 Å². The van der Waals surface area contributed by atoms with Crippen molar-refractivity contribution in [3.8, 4) is 0 Å². The largest absolute Gasteiger partial charge is 0.384 e. The van der Waals surface area contributed by atoms with Gasteiger partial charge in [0, 0.05) is 30.9 Å². The average Bonchev–Trinajstić information content (AvgIpc) is 2.37. The molecule has 1 aliphatic rings. The number of nitrogens with one attached hydrogen (secondary N) is 1. The van der Waals surface area contributed by atoms with Gasteiger partial charge in [-0.3, -0.25) is 5.41 Å². The molecule has 1 aromatic carbocycles. The molecule has 1 atom stereocenters. The Balaban J connectivity index is 2.17. The van der Waals surface area contributed by atoms with Crippen LogP contribution in [0.1, 0.15) is 24.0 Å². The molecular formula is C15H24N4. The molecule has 1 saturated heterocycles. The van der Waals surface area contributed by atoms with E-state index >= 15 is 0 Å². The molecule has 1 aliphatic heterocycles. The molecular weight excluding hydrogens is 236 g/mol. The number of aryl methyl sites for hydroxylation is 1. The van der Waals surface area contributed by atoms with Crippen molar-refractivity contribution in [2.75, 3.05) is 32.1 Å². The van der Waals surface area contributed by atoms with Gasteiger partial charge in [-0.2, -0.15) is 0 Å². The van der Waals surface area contributed by atoms with E-state index in [1.54, 1.807) is 0 Å². The molecule has 0 spiro atoms. The summed E-state index contributed by atoms with van der Waals surface area (Å²) in [6.45, 7) is 4.33. The van der Waals surface area contributed by atoms with Crippen LogP contribution in [-0.2, 0) is 0 Å². The molecule has 0 radical (unpaired) electrons. The van der Waals surface area contributed by atoms with Crippen LogP contribution in [0.3, 0.4) is 0 Å². The molecule has 104 valence electrons. The van der Waals surface area contributed by atoms with Crippen LogP contribution in [0.5, 0.6) is 0 Å². The number of likely N-dealkylation sites (N-methyl/N-ethyl adjacent to an activating group) is 2. The Labute approximate surface area is 115 Å². The number of nitrogens with zero attached hydrogens (tertiary/aromatic N) is 2.